The first kappa shape index (κ1) is 12.5. The van der Waals surface area contributed by atoms with E-state index in [1.54, 1.807) is 0 Å². The Bertz CT molecular complexity index is 351. The highest BCUT2D eigenvalue weighted by molar-refractivity contribution is 5.17. The topological polar surface area (TPSA) is 28.2 Å². The molecule has 2 heterocycles. The van der Waals surface area contributed by atoms with E-state index in [1.807, 2.05) is 12.3 Å². The van der Waals surface area contributed by atoms with Crippen molar-refractivity contribution >= 4 is 0 Å². The van der Waals surface area contributed by atoms with Crippen molar-refractivity contribution in [2.45, 2.75) is 26.3 Å². The molecule has 94 valence electrons. The lowest BCUT2D eigenvalue weighted by Crippen LogP contribution is -2.37. The van der Waals surface area contributed by atoms with Gasteiger partial charge in [-0.2, -0.15) is 0 Å². The first-order valence-electron chi connectivity index (χ1n) is 6.55. The summed E-state index contributed by atoms with van der Waals surface area (Å²) in [7, 11) is 2.22. The number of hydrogen-bond donors (Lipinski definition) is 1. The molecule has 0 amide bonds. The number of nitrogens with one attached hydrogen (secondary N) is 1. The van der Waals surface area contributed by atoms with Gasteiger partial charge in [-0.25, -0.2) is 0 Å². The van der Waals surface area contributed by atoms with E-state index in [-0.39, 0.29) is 0 Å². The van der Waals surface area contributed by atoms with Crippen LogP contribution in [0.3, 0.4) is 0 Å². The Morgan fingerprint density at radius 1 is 1.53 bits per heavy atom. The smallest absolute Gasteiger partial charge is 0.0570 e. The summed E-state index contributed by atoms with van der Waals surface area (Å²) in [5.41, 5.74) is 2.46. The van der Waals surface area contributed by atoms with Gasteiger partial charge in [0.25, 0.3) is 0 Å². The van der Waals surface area contributed by atoms with E-state index >= 15 is 0 Å². The van der Waals surface area contributed by atoms with Gasteiger partial charge in [0, 0.05) is 19.3 Å². The Labute approximate surface area is 104 Å². The number of nitrogens with zero attached hydrogens (tertiary/aromatic N) is 2. The van der Waals surface area contributed by atoms with Crippen molar-refractivity contribution in [2.24, 2.45) is 5.92 Å². The van der Waals surface area contributed by atoms with Gasteiger partial charge in [0.2, 0.25) is 0 Å². The van der Waals surface area contributed by atoms with Gasteiger partial charge in [0.1, 0.15) is 0 Å². The molecule has 0 saturated carbocycles. The quantitative estimate of drug-likeness (QED) is 0.860. The maximum absolute atomic E-state index is 4.40. The van der Waals surface area contributed by atoms with E-state index in [9.17, 15) is 0 Å². The van der Waals surface area contributed by atoms with Crippen LogP contribution in [-0.2, 0) is 6.54 Å². The van der Waals surface area contributed by atoms with E-state index in [1.165, 1.54) is 37.2 Å². The van der Waals surface area contributed by atoms with Crippen LogP contribution in [0.2, 0.25) is 0 Å². The molecule has 17 heavy (non-hydrogen) atoms. The predicted molar refractivity (Wildman–Crippen MR) is 70.9 cm³/mol. The summed E-state index contributed by atoms with van der Waals surface area (Å²) < 4.78 is 0. The fourth-order valence-electron chi connectivity index (χ4n) is 2.54. The largest absolute Gasteiger partial charge is 0.311 e. The lowest BCUT2D eigenvalue weighted by atomic mass is 9.98. The first-order chi connectivity index (χ1) is 8.25. The molecule has 0 radical (unpaired) electrons. The van der Waals surface area contributed by atoms with Crippen LogP contribution in [0.15, 0.2) is 18.3 Å². The van der Waals surface area contributed by atoms with Crippen molar-refractivity contribution < 1.29 is 0 Å². The normalized spacial score (nSPS) is 21.6. The third kappa shape index (κ3) is 3.79. The SMILES string of the molecule is Cc1cccnc1CNCC1CCCN(C)C1. The molecule has 3 heteroatoms. The van der Waals surface area contributed by atoms with Gasteiger partial charge in [0.15, 0.2) is 0 Å². The van der Waals surface area contributed by atoms with E-state index in [0.717, 1.165) is 19.0 Å². The summed E-state index contributed by atoms with van der Waals surface area (Å²) in [4.78, 5) is 6.84. The average Bonchev–Trinajstić information content (AvgIpc) is 2.32. The van der Waals surface area contributed by atoms with Gasteiger partial charge in [0.05, 0.1) is 5.69 Å². The van der Waals surface area contributed by atoms with Crippen LogP contribution in [0.5, 0.6) is 0 Å². The van der Waals surface area contributed by atoms with Crippen molar-refractivity contribution in [3.8, 4) is 0 Å². The fourth-order valence-corrected chi connectivity index (χ4v) is 2.54. The zero-order valence-electron chi connectivity index (χ0n) is 10.9. The summed E-state index contributed by atoms with van der Waals surface area (Å²) in [5.74, 6) is 0.803. The van der Waals surface area contributed by atoms with Gasteiger partial charge < -0.3 is 10.2 Å². The molecule has 3 nitrogen and oxygen atoms in total. The molecule has 1 N–H and O–H groups in total. The molecule has 1 aromatic heterocycles. The standard InChI is InChI=1S/C14H23N3/c1-12-5-3-7-16-14(12)10-15-9-13-6-4-8-17(2)11-13/h3,5,7,13,15H,4,6,8-11H2,1-2H3. The third-order valence-corrected chi connectivity index (χ3v) is 3.57. The molecule has 1 unspecified atom stereocenters. The second kappa shape index (κ2) is 6.12. The maximum Gasteiger partial charge on any atom is 0.0570 e. The minimum atomic E-state index is 0.803. The fraction of sp³-hybridized carbons (Fsp3) is 0.643. The lowest BCUT2D eigenvalue weighted by Gasteiger charge is -2.29. The summed E-state index contributed by atoms with van der Waals surface area (Å²) in [5, 5.41) is 3.54. The van der Waals surface area contributed by atoms with Crippen LogP contribution in [-0.4, -0.2) is 36.6 Å². The number of aromatic nitrogens is 1. The summed E-state index contributed by atoms with van der Waals surface area (Å²) in [6, 6.07) is 4.12. The molecule has 1 aromatic rings. The van der Waals surface area contributed by atoms with Crippen LogP contribution in [0.1, 0.15) is 24.1 Å². The Kier molecular flexibility index (Phi) is 4.51. The lowest BCUT2D eigenvalue weighted by molar-refractivity contribution is 0.206. The average molecular weight is 233 g/mol. The van der Waals surface area contributed by atoms with Crippen LogP contribution in [0.4, 0.5) is 0 Å². The Hall–Kier alpha value is -0.930. The number of hydrogen-bond acceptors (Lipinski definition) is 3. The second-order valence-corrected chi connectivity index (χ2v) is 5.17. The number of piperidine rings is 1. The minimum Gasteiger partial charge on any atom is -0.311 e. The van der Waals surface area contributed by atoms with Gasteiger partial charge in [-0.1, -0.05) is 6.07 Å². The molecule has 0 aliphatic carbocycles. The van der Waals surface area contributed by atoms with Crippen molar-refractivity contribution in [3.05, 3.63) is 29.6 Å². The van der Waals surface area contributed by atoms with Crippen LogP contribution in [0.25, 0.3) is 0 Å². The van der Waals surface area contributed by atoms with Crippen LogP contribution in [0, 0.1) is 12.8 Å². The third-order valence-electron chi connectivity index (χ3n) is 3.57. The Morgan fingerprint density at radius 2 is 2.41 bits per heavy atom. The van der Waals surface area contributed by atoms with Crippen LogP contribution >= 0.6 is 0 Å². The number of likely N-dealkylation sites (tertiary alicyclic amines) is 1. The van der Waals surface area contributed by atoms with Gasteiger partial charge >= 0.3 is 0 Å². The van der Waals surface area contributed by atoms with Crippen molar-refractivity contribution in [2.75, 3.05) is 26.7 Å². The van der Waals surface area contributed by atoms with Crippen molar-refractivity contribution in [3.63, 3.8) is 0 Å². The van der Waals surface area contributed by atoms with Crippen molar-refractivity contribution in [1.29, 1.82) is 0 Å². The molecule has 1 atom stereocenters. The molecular weight excluding hydrogens is 210 g/mol. The van der Waals surface area contributed by atoms with Crippen LogP contribution < -0.4 is 5.32 Å². The Morgan fingerprint density at radius 3 is 3.18 bits per heavy atom. The summed E-state index contributed by atoms with van der Waals surface area (Å²) in [6.07, 6.45) is 4.57. The first-order valence-corrected chi connectivity index (χ1v) is 6.55. The highest BCUT2D eigenvalue weighted by Gasteiger charge is 2.16. The number of rotatable bonds is 4. The summed E-state index contributed by atoms with van der Waals surface area (Å²) in [6.45, 7) is 6.62. The van der Waals surface area contributed by atoms with E-state index < -0.39 is 0 Å². The van der Waals surface area contributed by atoms with E-state index in [0.29, 0.717) is 0 Å². The zero-order valence-corrected chi connectivity index (χ0v) is 10.9. The van der Waals surface area contributed by atoms with Gasteiger partial charge in [-0.3, -0.25) is 4.98 Å². The predicted octanol–water partition coefficient (Wildman–Crippen LogP) is 1.82. The molecule has 0 spiro atoms. The molecule has 0 bridgehead atoms. The number of aryl methyl sites for hydroxylation is 1. The molecule has 2 rings (SSSR count). The van der Waals surface area contributed by atoms with Gasteiger partial charge in [-0.05, 0) is 57.5 Å². The molecule has 1 fully saturated rings. The number of pyridine rings is 1. The minimum absolute atomic E-state index is 0.803. The van der Waals surface area contributed by atoms with E-state index in [2.05, 4.69) is 35.2 Å². The summed E-state index contributed by atoms with van der Waals surface area (Å²) >= 11 is 0. The van der Waals surface area contributed by atoms with Gasteiger partial charge in [-0.15, -0.1) is 0 Å². The highest BCUT2D eigenvalue weighted by Crippen LogP contribution is 2.14. The highest BCUT2D eigenvalue weighted by atomic mass is 15.1. The molecule has 1 aliphatic heterocycles. The second-order valence-electron chi connectivity index (χ2n) is 5.17. The molecular formula is C14H23N3. The maximum atomic E-state index is 4.40. The van der Waals surface area contributed by atoms with Crippen molar-refractivity contribution in [1.82, 2.24) is 15.2 Å². The molecule has 0 aromatic carbocycles. The molecule has 1 saturated heterocycles. The zero-order chi connectivity index (χ0) is 12.1. The molecule has 1 aliphatic rings. The van der Waals surface area contributed by atoms with E-state index in [4.69, 9.17) is 0 Å². The Balaban J connectivity index is 1.74. The monoisotopic (exact) mass is 233 g/mol.